The molecule has 0 saturated carbocycles. The van der Waals surface area contributed by atoms with Gasteiger partial charge in [-0.05, 0) is 27.2 Å². The summed E-state index contributed by atoms with van der Waals surface area (Å²) >= 11 is 0. The van der Waals surface area contributed by atoms with E-state index in [9.17, 15) is 117 Å². The number of carbonyl (C=O) groups is 5. The third-order valence-corrected chi connectivity index (χ3v) is 7.68. The molecule has 0 unspecified atom stereocenters. The van der Waals surface area contributed by atoms with Crippen molar-refractivity contribution in [1.82, 2.24) is 5.32 Å². The highest BCUT2D eigenvalue weighted by molar-refractivity contribution is 5.87. The molecule has 89 heavy (non-hydrogen) atoms. The Morgan fingerprint density at radius 2 is 0.753 bits per heavy atom. The minimum atomic E-state index is -6.73. The van der Waals surface area contributed by atoms with E-state index >= 15 is 0 Å². The quantitative estimate of drug-likeness (QED) is 0.00835. The van der Waals surface area contributed by atoms with Gasteiger partial charge in [0.1, 0.15) is 52.9 Å². The van der Waals surface area contributed by atoms with Gasteiger partial charge in [0.25, 0.3) is 0 Å². The van der Waals surface area contributed by atoms with Crippen LogP contribution in [-0.4, -0.2) is 220 Å². The number of nitrogens with zero attached hydrogens (tertiary/aromatic N) is 1. The van der Waals surface area contributed by atoms with Crippen LogP contribution in [0.25, 0.3) is 0 Å². The van der Waals surface area contributed by atoms with E-state index in [1.54, 1.807) is 6.92 Å². The number of nitrogens with one attached hydrogen (secondary N) is 1. The van der Waals surface area contributed by atoms with Crippen molar-refractivity contribution in [2.75, 3.05) is 112 Å². The molecule has 0 saturated heterocycles. The van der Waals surface area contributed by atoms with Crippen LogP contribution >= 0.6 is 0 Å². The summed E-state index contributed by atoms with van der Waals surface area (Å²) in [6.45, 7) is -1.46. The molecule has 0 aliphatic carbocycles. The topological polar surface area (TPSA) is 306 Å². The van der Waals surface area contributed by atoms with Crippen molar-refractivity contribution in [3.05, 3.63) is 36.5 Å². The molecule has 0 atom stereocenters. The van der Waals surface area contributed by atoms with Crippen molar-refractivity contribution in [2.24, 2.45) is 4.99 Å². The Labute approximate surface area is 487 Å². The minimum absolute atomic E-state index is 0.00234. The first-order valence-electron chi connectivity index (χ1n) is 23.6. The van der Waals surface area contributed by atoms with Crippen molar-refractivity contribution in [1.29, 1.82) is 0 Å². The number of amides is 1. The van der Waals surface area contributed by atoms with Crippen LogP contribution in [0, 0.1) is 0 Å². The average Bonchev–Trinajstić information content (AvgIpc) is 2.05. The molecule has 520 valence electrons. The molecule has 0 aromatic heterocycles. The molecule has 25 nitrogen and oxygen atoms in total. The van der Waals surface area contributed by atoms with Gasteiger partial charge in [-0.1, -0.05) is 19.7 Å². The summed E-state index contributed by atoms with van der Waals surface area (Å²) in [6.07, 6.45) is -59.7. The van der Waals surface area contributed by atoms with E-state index in [2.05, 4.69) is 91.0 Å². The van der Waals surface area contributed by atoms with Gasteiger partial charge in [0.05, 0.1) is 59.3 Å². The molecule has 45 heteroatoms. The summed E-state index contributed by atoms with van der Waals surface area (Å²) in [7, 11) is 0. The van der Waals surface area contributed by atoms with Gasteiger partial charge >= 0.3 is 91.4 Å². The van der Waals surface area contributed by atoms with Crippen LogP contribution in [-0.2, 0) is 95.0 Å². The molecule has 0 heterocycles. The molecule has 0 aliphatic rings. The lowest BCUT2D eigenvalue weighted by Crippen LogP contribution is -2.54. The molecule has 0 spiro atoms. The Hall–Kier alpha value is -6.13. The number of aliphatic hydroxyl groups is 2. The van der Waals surface area contributed by atoms with Gasteiger partial charge in [0, 0.05) is 23.1 Å². The molecular formula is C44H56F20N2O23. The standard InChI is InChI=1S/C26H33F10NO13.C11H14F10O7.C7H9NO3/c1-16(2)19(39)45-8-5-6-18(38)44-12-10-42-15-23(29,30)49-26(35,36)50-25(33,34)24(31,32)48-22(27,28)14-43-11-13-47-21(41)37-7-9-46-20(40)17(3)4;12-7(13,5-24-3-1-22)26-9(16,17)10(18,19)28-11(20,21)27-8(14,15)6-25-4-2-23;1-6(2)7(10)11-4-3-8-5-9/h1,3,5-15H2,2,4H3,(H,37,41);22-23H,1-6H2;1,3-4H2,2H3. The van der Waals surface area contributed by atoms with E-state index in [-0.39, 0.29) is 56.9 Å². The number of rotatable bonds is 45. The fraction of sp³-hybridized carbons (Fsp3) is 0.727. The molecule has 1 amide bonds. The Balaban J connectivity index is -0.00000157. The van der Waals surface area contributed by atoms with Gasteiger partial charge in [-0.3, -0.25) is 4.79 Å². The SMILES string of the molecule is C=C(C)C(=O)OCCCC(=O)OCCOCC(F)(F)OC(F)(F)OC(F)(F)C(F)(F)OC(F)(F)COCCOC(=O)NCCOC(=O)C(=C)C.C=C(C)C(=O)OCCN=C=O.OCCOCC(F)(F)OC(F)(F)OC(F)(F)C(F)(F)OC(F)(F)COCCO. The maximum absolute atomic E-state index is 13.7. The van der Waals surface area contributed by atoms with Crippen LogP contribution in [0.2, 0.25) is 0 Å². The smallest absolute Gasteiger partial charge is 0.463 e. The van der Waals surface area contributed by atoms with Crippen molar-refractivity contribution in [3.8, 4) is 0 Å². The zero-order valence-corrected chi connectivity index (χ0v) is 46.0. The van der Waals surface area contributed by atoms with Gasteiger partial charge in [-0.2, -0.15) is 70.2 Å². The van der Waals surface area contributed by atoms with Crippen molar-refractivity contribution >= 4 is 36.1 Å². The van der Waals surface area contributed by atoms with Gasteiger partial charge in [-0.25, -0.2) is 57.4 Å². The highest BCUT2D eigenvalue weighted by Gasteiger charge is 2.70. The lowest BCUT2D eigenvalue weighted by Gasteiger charge is -2.31. The second-order valence-corrected chi connectivity index (χ2v) is 15.9. The van der Waals surface area contributed by atoms with Crippen LogP contribution in [0.1, 0.15) is 33.6 Å². The number of isocyanates is 1. The Morgan fingerprint density at radius 3 is 1.11 bits per heavy atom. The first-order chi connectivity index (χ1) is 40.5. The fourth-order valence-corrected chi connectivity index (χ4v) is 4.12. The van der Waals surface area contributed by atoms with E-state index in [0.717, 1.165) is 0 Å². The zero-order chi connectivity index (χ0) is 69.8. The zero-order valence-electron chi connectivity index (χ0n) is 46.0. The second-order valence-electron chi connectivity index (χ2n) is 15.9. The monoisotopic (exact) mass is 1360 g/mol. The molecule has 0 radical (unpaired) electrons. The van der Waals surface area contributed by atoms with Crippen LogP contribution in [0.15, 0.2) is 41.4 Å². The molecule has 0 bridgehead atoms. The van der Waals surface area contributed by atoms with E-state index in [1.807, 2.05) is 5.32 Å². The third-order valence-electron chi connectivity index (χ3n) is 7.68. The summed E-state index contributed by atoms with van der Waals surface area (Å²) in [5.74, 6) is -2.87. The van der Waals surface area contributed by atoms with E-state index < -0.39 is 171 Å². The molecular weight excluding hydrogens is 1300 g/mol. The molecule has 0 fully saturated rings. The average molecular weight is 1360 g/mol. The van der Waals surface area contributed by atoms with E-state index in [0.29, 0.717) is 5.57 Å². The number of carbonyl (C=O) groups excluding carboxylic acids is 6. The van der Waals surface area contributed by atoms with Crippen molar-refractivity contribution < 1.29 is 198 Å². The number of esters is 4. The number of alkyl carbamates (subject to hydrolysis) is 1. The van der Waals surface area contributed by atoms with E-state index in [4.69, 9.17) is 14.9 Å². The Bertz CT molecular complexity index is 2250. The molecule has 0 rings (SSSR count). The number of hydrogen-bond donors (Lipinski definition) is 3. The summed E-state index contributed by atoms with van der Waals surface area (Å²) in [5.41, 5.74) is 0.503. The minimum Gasteiger partial charge on any atom is -0.463 e. The van der Waals surface area contributed by atoms with Gasteiger partial charge < -0.3 is 58.2 Å². The number of alkyl halides is 20. The fourth-order valence-electron chi connectivity index (χ4n) is 4.12. The maximum Gasteiger partial charge on any atom is 0.495 e. The summed E-state index contributed by atoms with van der Waals surface area (Å²) in [4.78, 5) is 68.5. The second kappa shape index (κ2) is 40.6. The highest BCUT2D eigenvalue weighted by atomic mass is 19.4. The number of hydrogen-bond acceptors (Lipinski definition) is 24. The van der Waals surface area contributed by atoms with Crippen LogP contribution in [0.5, 0.6) is 0 Å². The van der Waals surface area contributed by atoms with E-state index in [1.165, 1.54) is 19.9 Å². The Morgan fingerprint density at radius 1 is 0.427 bits per heavy atom. The number of halogens is 20. The summed E-state index contributed by atoms with van der Waals surface area (Å²) in [6, 6.07) is 0. The Kier molecular flexibility index (Phi) is 39.7. The normalized spacial score (nSPS) is 12.6. The summed E-state index contributed by atoms with van der Waals surface area (Å²) < 4.78 is 320. The van der Waals surface area contributed by atoms with Crippen molar-refractivity contribution in [2.45, 2.75) is 95.1 Å². The first-order valence-corrected chi connectivity index (χ1v) is 23.6. The summed E-state index contributed by atoms with van der Waals surface area (Å²) in [5, 5.41) is 18.5. The lowest BCUT2D eigenvalue weighted by atomic mass is 10.3. The third kappa shape index (κ3) is 43.3. The van der Waals surface area contributed by atoms with Gasteiger partial charge in [-0.15, -0.1) is 17.6 Å². The molecule has 0 aromatic rings. The predicted octanol–water partition coefficient (Wildman–Crippen LogP) is 6.70. The molecule has 0 aliphatic heterocycles. The van der Waals surface area contributed by atoms with Crippen LogP contribution < -0.4 is 5.32 Å². The van der Waals surface area contributed by atoms with Crippen LogP contribution in [0.4, 0.5) is 92.6 Å². The highest BCUT2D eigenvalue weighted by Crippen LogP contribution is 2.46. The largest absolute Gasteiger partial charge is 0.495 e. The maximum atomic E-state index is 13.7. The molecule has 3 N–H and O–H groups in total. The predicted molar refractivity (Wildman–Crippen MR) is 243 cm³/mol. The molecule has 0 aromatic carbocycles. The number of ether oxygens (including phenoxy) is 15. The van der Waals surface area contributed by atoms with Gasteiger partial charge in [0.2, 0.25) is 6.08 Å². The van der Waals surface area contributed by atoms with Crippen LogP contribution in [0.3, 0.4) is 0 Å². The number of aliphatic imine (C=N–C) groups is 1. The lowest BCUT2D eigenvalue weighted by molar-refractivity contribution is -0.567. The van der Waals surface area contributed by atoms with Gasteiger partial charge in [0.15, 0.2) is 0 Å². The first kappa shape index (κ1) is 87.1. The van der Waals surface area contributed by atoms with Crippen molar-refractivity contribution in [3.63, 3.8) is 0 Å². The number of aliphatic hydroxyl groups excluding tert-OH is 2.